The summed E-state index contributed by atoms with van der Waals surface area (Å²) < 4.78 is 0. The minimum atomic E-state index is -0.164. The van der Waals surface area contributed by atoms with Crippen LogP contribution in [0.25, 0.3) is 0 Å². The van der Waals surface area contributed by atoms with Crippen LogP contribution in [0.1, 0.15) is 34.1 Å². The summed E-state index contributed by atoms with van der Waals surface area (Å²) in [4.78, 5) is 24.9. The molecule has 3 heteroatoms. The van der Waals surface area contributed by atoms with Gasteiger partial charge in [0.05, 0.1) is 6.04 Å². The van der Waals surface area contributed by atoms with E-state index in [1.165, 1.54) is 0 Å². The van der Waals surface area contributed by atoms with Crippen molar-refractivity contribution >= 4 is 11.7 Å². The standard InChI is InChI=1S/C12H19NO2/c1-7(14)11-10-5-9(12(10,3)4)6-13(11)8(2)15/h9-11H,5-6H2,1-4H3. The third-order valence-corrected chi connectivity index (χ3v) is 4.50. The van der Waals surface area contributed by atoms with Crippen molar-refractivity contribution in [2.24, 2.45) is 17.3 Å². The van der Waals surface area contributed by atoms with E-state index in [0.29, 0.717) is 11.8 Å². The molecule has 2 heterocycles. The molecular weight excluding hydrogens is 190 g/mol. The molecule has 3 atom stereocenters. The van der Waals surface area contributed by atoms with Gasteiger partial charge in [-0.25, -0.2) is 0 Å². The molecule has 2 aliphatic heterocycles. The molecule has 3 nitrogen and oxygen atoms in total. The maximum atomic E-state index is 11.6. The molecule has 3 unspecified atom stereocenters. The third kappa shape index (κ3) is 1.32. The SMILES string of the molecule is CC(=O)C1C2CC(CN1C(C)=O)C2(C)C. The Balaban J connectivity index is 2.28. The molecule has 15 heavy (non-hydrogen) atoms. The molecule has 84 valence electrons. The molecule has 0 aromatic rings. The van der Waals surface area contributed by atoms with Crippen molar-refractivity contribution in [2.45, 2.75) is 40.2 Å². The Labute approximate surface area is 90.8 Å². The van der Waals surface area contributed by atoms with Crippen LogP contribution in [0.15, 0.2) is 0 Å². The Kier molecular flexibility index (Phi) is 2.18. The van der Waals surface area contributed by atoms with Crippen LogP contribution in [0.2, 0.25) is 0 Å². The largest absolute Gasteiger partial charge is 0.332 e. The predicted molar refractivity (Wildman–Crippen MR) is 57.2 cm³/mol. The van der Waals surface area contributed by atoms with Gasteiger partial charge in [-0.2, -0.15) is 0 Å². The van der Waals surface area contributed by atoms with Crippen molar-refractivity contribution < 1.29 is 9.59 Å². The molecule has 0 aromatic carbocycles. The first kappa shape index (κ1) is 10.7. The number of fused-ring (bicyclic) bond motifs is 2. The van der Waals surface area contributed by atoms with Gasteiger partial charge < -0.3 is 4.90 Å². The lowest BCUT2D eigenvalue weighted by atomic mass is 9.49. The Hall–Kier alpha value is -0.860. The summed E-state index contributed by atoms with van der Waals surface area (Å²) >= 11 is 0. The van der Waals surface area contributed by atoms with Gasteiger partial charge in [0.1, 0.15) is 0 Å². The van der Waals surface area contributed by atoms with Crippen LogP contribution in [-0.2, 0) is 9.59 Å². The van der Waals surface area contributed by atoms with Gasteiger partial charge in [0.2, 0.25) is 5.91 Å². The number of amides is 1. The van der Waals surface area contributed by atoms with Crippen LogP contribution in [0.5, 0.6) is 0 Å². The molecule has 2 bridgehead atoms. The summed E-state index contributed by atoms with van der Waals surface area (Å²) in [6, 6.07) is -0.164. The number of hydrogen-bond donors (Lipinski definition) is 0. The highest BCUT2D eigenvalue weighted by Gasteiger charge is 2.58. The first-order valence-corrected chi connectivity index (χ1v) is 5.63. The molecule has 1 amide bonds. The number of hydrogen-bond acceptors (Lipinski definition) is 2. The minimum absolute atomic E-state index is 0.0420. The summed E-state index contributed by atoms with van der Waals surface area (Å²) in [5, 5.41) is 0. The van der Waals surface area contributed by atoms with E-state index in [2.05, 4.69) is 13.8 Å². The Bertz CT molecular complexity index is 322. The molecule has 1 aliphatic carbocycles. The monoisotopic (exact) mass is 209 g/mol. The fourth-order valence-electron chi connectivity index (χ4n) is 3.30. The van der Waals surface area contributed by atoms with Crippen molar-refractivity contribution in [3.8, 4) is 0 Å². The van der Waals surface area contributed by atoms with Crippen LogP contribution >= 0.6 is 0 Å². The highest BCUT2D eigenvalue weighted by atomic mass is 16.2. The molecule has 3 fully saturated rings. The maximum Gasteiger partial charge on any atom is 0.220 e. The predicted octanol–water partition coefficient (Wildman–Crippen LogP) is 1.47. The lowest BCUT2D eigenvalue weighted by molar-refractivity contribution is -0.172. The molecule has 0 spiro atoms. The van der Waals surface area contributed by atoms with Gasteiger partial charge in [-0.15, -0.1) is 0 Å². The van der Waals surface area contributed by atoms with Gasteiger partial charge in [-0.05, 0) is 30.6 Å². The fourth-order valence-corrected chi connectivity index (χ4v) is 3.30. The molecule has 1 saturated carbocycles. The van der Waals surface area contributed by atoms with E-state index in [0.717, 1.165) is 13.0 Å². The molecule has 0 N–H and O–H groups in total. The zero-order valence-electron chi connectivity index (χ0n) is 9.91. The number of carbonyl (C=O) groups is 2. The van der Waals surface area contributed by atoms with Crippen molar-refractivity contribution in [3.63, 3.8) is 0 Å². The summed E-state index contributed by atoms with van der Waals surface area (Å²) in [6.07, 6.45) is 1.11. The van der Waals surface area contributed by atoms with E-state index in [1.807, 2.05) is 0 Å². The highest BCUT2D eigenvalue weighted by Crippen LogP contribution is 2.57. The maximum absolute atomic E-state index is 11.6. The first-order chi connectivity index (χ1) is 6.85. The van der Waals surface area contributed by atoms with Crippen LogP contribution in [0.3, 0.4) is 0 Å². The van der Waals surface area contributed by atoms with Crippen molar-refractivity contribution in [2.75, 3.05) is 6.54 Å². The van der Waals surface area contributed by atoms with E-state index in [9.17, 15) is 9.59 Å². The van der Waals surface area contributed by atoms with Gasteiger partial charge in [0.25, 0.3) is 0 Å². The van der Waals surface area contributed by atoms with Crippen molar-refractivity contribution in [1.82, 2.24) is 4.90 Å². The van der Waals surface area contributed by atoms with Gasteiger partial charge >= 0.3 is 0 Å². The lowest BCUT2D eigenvalue weighted by Crippen LogP contribution is -2.67. The molecular formula is C12H19NO2. The zero-order chi connectivity index (χ0) is 11.4. The zero-order valence-corrected chi connectivity index (χ0v) is 9.91. The van der Waals surface area contributed by atoms with Crippen LogP contribution < -0.4 is 0 Å². The molecule has 3 aliphatic rings. The second-order valence-electron chi connectivity index (χ2n) is 5.59. The Morgan fingerprint density at radius 3 is 2.27 bits per heavy atom. The topological polar surface area (TPSA) is 37.4 Å². The Morgan fingerprint density at radius 1 is 1.27 bits per heavy atom. The summed E-state index contributed by atoms with van der Waals surface area (Å²) in [7, 11) is 0. The smallest absolute Gasteiger partial charge is 0.220 e. The van der Waals surface area contributed by atoms with E-state index in [1.54, 1.807) is 18.7 Å². The molecule has 2 saturated heterocycles. The lowest BCUT2D eigenvalue weighted by Gasteiger charge is -2.62. The second-order valence-corrected chi connectivity index (χ2v) is 5.59. The molecule has 3 rings (SSSR count). The minimum Gasteiger partial charge on any atom is -0.332 e. The van der Waals surface area contributed by atoms with Crippen molar-refractivity contribution in [1.29, 1.82) is 0 Å². The first-order valence-electron chi connectivity index (χ1n) is 5.63. The quantitative estimate of drug-likeness (QED) is 0.655. The third-order valence-electron chi connectivity index (χ3n) is 4.50. The number of rotatable bonds is 1. The molecule has 0 aromatic heterocycles. The van der Waals surface area contributed by atoms with Gasteiger partial charge in [-0.1, -0.05) is 13.8 Å². The Morgan fingerprint density at radius 2 is 1.87 bits per heavy atom. The van der Waals surface area contributed by atoms with Gasteiger partial charge in [0, 0.05) is 13.5 Å². The normalized spacial score (nSPS) is 37.1. The number of ketones is 1. The highest BCUT2D eigenvalue weighted by molar-refractivity contribution is 5.87. The number of nitrogens with zero attached hydrogens (tertiary/aromatic N) is 1. The fraction of sp³-hybridized carbons (Fsp3) is 0.833. The second kappa shape index (κ2) is 3.06. The number of Topliss-reactive ketones (excluding diaryl/α,β-unsaturated/α-hetero) is 1. The number of piperidine rings is 2. The van der Waals surface area contributed by atoms with E-state index >= 15 is 0 Å². The van der Waals surface area contributed by atoms with E-state index < -0.39 is 0 Å². The average Bonchev–Trinajstić information content (AvgIpc) is 2.16. The summed E-state index contributed by atoms with van der Waals surface area (Å²) in [6.45, 7) is 8.38. The van der Waals surface area contributed by atoms with E-state index in [4.69, 9.17) is 0 Å². The molecule has 0 radical (unpaired) electrons. The van der Waals surface area contributed by atoms with Crippen LogP contribution in [0.4, 0.5) is 0 Å². The van der Waals surface area contributed by atoms with Crippen LogP contribution in [-0.4, -0.2) is 29.2 Å². The number of carbonyl (C=O) groups excluding carboxylic acids is 2. The van der Waals surface area contributed by atoms with Gasteiger partial charge in [0.15, 0.2) is 5.78 Å². The van der Waals surface area contributed by atoms with E-state index in [-0.39, 0.29) is 23.1 Å². The summed E-state index contributed by atoms with van der Waals surface area (Å²) in [5.74, 6) is 1.14. The van der Waals surface area contributed by atoms with Crippen molar-refractivity contribution in [3.05, 3.63) is 0 Å². The average molecular weight is 209 g/mol. The summed E-state index contributed by atoms with van der Waals surface area (Å²) in [5.41, 5.74) is 0.238. The van der Waals surface area contributed by atoms with Crippen LogP contribution in [0, 0.1) is 17.3 Å². The van der Waals surface area contributed by atoms with Gasteiger partial charge in [-0.3, -0.25) is 9.59 Å².